The first-order valence-electron chi connectivity index (χ1n) is 8.85. The van der Waals surface area contributed by atoms with Gasteiger partial charge in [0.2, 0.25) is 0 Å². The van der Waals surface area contributed by atoms with Gasteiger partial charge < -0.3 is 9.72 Å². The van der Waals surface area contributed by atoms with E-state index in [9.17, 15) is 4.79 Å². The number of para-hydroxylation sites is 1. The smallest absolute Gasteiger partial charge is 0.255 e. The molecule has 7 nitrogen and oxygen atoms in total. The average molecular weight is 368 g/mol. The Kier molecular flexibility index (Phi) is 3.65. The molecule has 0 unspecified atom stereocenters. The number of rotatable bonds is 3. The van der Waals surface area contributed by atoms with Gasteiger partial charge in [0, 0.05) is 23.5 Å². The summed E-state index contributed by atoms with van der Waals surface area (Å²) >= 11 is 0. The van der Waals surface area contributed by atoms with Gasteiger partial charge in [-0.3, -0.25) is 4.79 Å². The molecule has 0 atom stereocenters. The quantitative estimate of drug-likeness (QED) is 0.506. The number of aromatic amines is 1. The summed E-state index contributed by atoms with van der Waals surface area (Å²) < 4.78 is 1.99. The summed E-state index contributed by atoms with van der Waals surface area (Å²) in [5.41, 5.74) is 6.24. The number of hydrogen-bond acceptors (Lipinski definition) is 4. The zero-order chi connectivity index (χ0) is 19.1. The Labute approximate surface area is 160 Å². The largest absolute Gasteiger partial charge is 0.321 e. The summed E-state index contributed by atoms with van der Waals surface area (Å²) in [5.74, 6) is -0.211. The average Bonchev–Trinajstić information content (AvgIpc) is 3.35. The molecule has 3 aromatic heterocycles. The fourth-order valence-corrected chi connectivity index (χ4v) is 3.27. The number of nitrogens with zero attached hydrogens (tertiary/aromatic N) is 4. The molecule has 0 aliphatic heterocycles. The van der Waals surface area contributed by atoms with Crippen LogP contribution in [0.5, 0.6) is 0 Å². The Morgan fingerprint density at radius 3 is 2.79 bits per heavy atom. The van der Waals surface area contributed by atoms with Crippen LogP contribution in [0.1, 0.15) is 15.9 Å². The number of fused-ring (bicyclic) bond motifs is 2. The SMILES string of the molecule is Cc1cccn2cc(-c3ccccc3NC(=O)c3ccc4n[nH]nc4c3)nc12. The molecule has 1 amide bonds. The van der Waals surface area contributed by atoms with Crippen LogP contribution in [0.15, 0.2) is 67.0 Å². The lowest BCUT2D eigenvalue weighted by Gasteiger charge is -2.09. The van der Waals surface area contributed by atoms with Crippen LogP contribution >= 0.6 is 0 Å². The van der Waals surface area contributed by atoms with E-state index in [1.165, 1.54) is 0 Å². The normalized spacial score (nSPS) is 11.2. The van der Waals surface area contributed by atoms with E-state index in [4.69, 9.17) is 4.98 Å². The van der Waals surface area contributed by atoms with E-state index < -0.39 is 0 Å². The number of pyridine rings is 1. The van der Waals surface area contributed by atoms with Crippen molar-refractivity contribution in [1.29, 1.82) is 0 Å². The molecule has 0 aliphatic rings. The Balaban J connectivity index is 1.52. The second-order valence-corrected chi connectivity index (χ2v) is 6.58. The lowest BCUT2D eigenvalue weighted by Crippen LogP contribution is -2.12. The minimum atomic E-state index is -0.211. The standard InChI is InChI=1S/C21H16N6O/c1-13-5-4-10-27-12-19(22-20(13)27)15-6-2-3-7-16(15)23-21(28)14-8-9-17-18(11-14)25-26-24-17/h2-12H,1H3,(H,23,28)(H,24,25,26). The Morgan fingerprint density at radius 2 is 1.89 bits per heavy atom. The van der Waals surface area contributed by atoms with Gasteiger partial charge in [-0.25, -0.2) is 4.98 Å². The Hall–Kier alpha value is -4.00. The molecule has 2 aromatic carbocycles. The van der Waals surface area contributed by atoms with Crippen LogP contribution in [0.4, 0.5) is 5.69 Å². The third-order valence-electron chi connectivity index (χ3n) is 4.71. The van der Waals surface area contributed by atoms with E-state index in [1.54, 1.807) is 18.2 Å². The summed E-state index contributed by atoms with van der Waals surface area (Å²) in [7, 11) is 0. The molecule has 0 aliphatic carbocycles. The van der Waals surface area contributed by atoms with Crippen LogP contribution in [0.3, 0.4) is 0 Å². The van der Waals surface area contributed by atoms with Gasteiger partial charge in [0.15, 0.2) is 0 Å². The van der Waals surface area contributed by atoms with E-state index in [2.05, 4.69) is 20.7 Å². The van der Waals surface area contributed by atoms with Crippen molar-refractivity contribution in [2.75, 3.05) is 5.32 Å². The molecule has 5 rings (SSSR count). The summed E-state index contributed by atoms with van der Waals surface area (Å²) in [6, 6.07) is 16.9. The second-order valence-electron chi connectivity index (χ2n) is 6.58. The zero-order valence-corrected chi connectivity index (χ0v) is 15.0. The molecular weight excluding hydrogens is 352 g/mol. The number of anilines is 1. The van der Waals surface area contributed by atoms with Crippen LogP contribution in [0.25, 0.3) is 27.9 Å². The first-order valence-corrected chi connectivity index (χ1v) is 8.85. The molecule has 0 saturated carbocycles. The molecule has 136 valence electrons. The van der Waals surface area contributed by atoms with E-state index >= 15 is 0 Å². The maximum Gasteiger partial charge on any atom is 0.255 e. The number of aromatic nitrogens is 5. The molecule has 0 radical (unpaired) electrons. The number of benzene rings is 2. The summed E-state index contributed by atoms with van der Waals surface area (Å²) in [4.78, 5) is 17.5. The highest BCUT2D eigenvalue weighted by atomic mass is 16.1. The lowest BCUT2D eigenvalue weighted by atomic mass is 10.1. The minimum absolute atomic E-state index is 0.211. The van der Waals surface area contributed by atoms with Gasteiger partial charge in [-0.2, -0.15) is 15.4 Å². The van der Waals surface area contributed by atoms with Crippen LogP contribution in [0, 0.1) is 6.92 Å². The number of H-pyrrole nitrogens is 1. The maximum absolute atomic E-state index is 12.8. The monoisotopic (exact) mass is 368 g/mol. The van der Waals surface area contributed by atoms with Gasteiger partial charge in [-0.15, -0.1) is 0 Å². The Bertz CT molecular complexity index is 1330. The van der Waals surface area contributed by atoms with Crippen LogP contribution in [0.2, 0.25) is 0 Å². The predicted molar refractivity (Wildman–Crippen MR) is 107 cm³/mol. The van der Waals surface area contributed by atoms with Crippen molar-refractivity contribution in [3.8, 4) is 11.3 Å². The van der Waals surface area contributed by atoms with E-state index in [1.807, 2.05) is 60.1 Å². The number of imidazole rings is 1. The lowest BCUT2D eigenvalue weighted by molar-refractivity contribution is 0.102. The summed E-state index contributed by atoms with van der Waals surface area (Å²) in [6.45, 7) is 2.03. The molecule has 5 aromatic rings. The van der Waals surface area contributed by atoms with Crippen molar-refractivity contribution < 1.29 is 4.79 Å². The number of nitrogens with one attached hydrogen (secondary N) is 2. The highest BCUT2D eigenvalue weighted by Gasteiger charge is 2.14. The van der Waals surface area contributed by atoms with Gasteiger partial charge in [-0.1, -0.05) is 24.3 Å². The number of carbonyl (C=O) groups is 1. The first kappa shape index (κ1) is 16.2. The third-order valence-corrected chi connectivity index (χ3v) is 4.71. The molecule has 0 spiro atoms. The van der Waals surface area contributed by atoms with Crippen LogP contribution < -0.4 is 5.32 Å². The fraction of sp³-hybridized carbons (Fsp3) is 0.0476. The van der Waals surface area contributed by atoms with Crippen molar-refractivity contribution in [2.45, 2.75) is 6.92 Å². The minimum Gasteiger partial charge on any atom is -0.321 e. The molecule has 0 bridgehead atoms. The van der Waals surface area contributed by atoms with Gasteiger partial charge in [0.25, 0.3) is 5.91 Å². The van der Waals surface area contributed by atoms with Crippen molar-refractivity contribution in [2.24, 2.45) is 0 Å². The van der Waals surface area contributed by atoms with Crippen molar-refractivity contribution in [1.82, 2.24) is 24.8 Å². The highest BCUT2D eigenvalue weighted by molar-refractivity contribution is 6.07. The van der Waals surface area contributed by atoms with E-state index in [0.717, 1.165) is 28.0 Å². The van der Waals surface area contributed by atoms with Crippen molar-refractivity contribution in [3.63, 3.8) is 0 Å². The molecule has 2 N–H and O–H groups in total. The van der Waals surface area contributed by atoms with Gasteiger partial charge in [-0.05, 0) is 42.8 Å². The van der Waals surface area contributed by atoms with Crippen molar-refractivity contribution in [3.05, 3.63) is 78.1 Å². The third kappa shape index (κ3) is 2.69. The number of amides is 1. The number of carbonyl (C=O) groups excluding carboxylic acids is 1. The van der Waals surface area contributed by atoms with Gasteiger partial charge in [0.1, 0.15) is 16.7 Å². The Morgan fingerprint density at radius 1 is 1.04 bits per heavy atom. The predicted octanol–water partition coefficient (Wildman–Crippen LogP) is 3.83. The van der Waals surface area contributed by atoms with Crippen LogP contribution in [-0.2, 0) is 0 Å². The molecule has 28 heavy (non-hydrogen) atoms. The van der Waals surface area contributed by atoms with E-state index in [0.29, 0.717) is 16.8 Å². The number of aryl methyl sites for hydroxylation is 1. The van der Waals surface area contributed by atoms with E-state index in [-0.39, 0.29) is 5.91 Å². The molecule has 3 heterocycles. The molecule has 0 fully saturated rings. The topological polar surface area (TPSA) is 88.0 Å². The molecular formula is C21H16N6O. The first-order chi connectivity index (χ1) is 13.7. The zero-order valence-electron chi connectivity index (χ0n) is 15.0. The van der Waals surface area contributed by atoms with Gasteiger partial charge >= 0.3 is 0 Å². The number of hydrogen-bond donors (Lipinski definition) is 2. The molecule has 0 saturated heterocycles. The highest BCUT2D eigenvalue weighted by Crippen LogP contribution is 2.28. The van der Waals surface area contributed by atoms with Crippen LogP contribution in [-0.4, -0.2) is 30.7 Å². The summed E-state index contributed by atoms with van der Waals surface area (Å²) in [6.07, 6.45) is 3.93. The van der Waals surface area contributed by atoms with Gasteiger partial charge in [0.05, 0.1) is 11.4 Å². The summed E-state index contributed by atoms with van der Waals surface area (Å²) in [5, 5.41) is 13.6. The second kappa shape index (κ2) is 6.31. The fourth-order valence-electron chi connectivity index (χ4n) is 3.27. The molecule has 7 heteroatoms. The maximum atomic E-state index is 12.8. The van der Waals surface area contributed by atoms with Crippen molar-refractivity contribution >= 4 is 28.3 Å².